The van der Waals surface area contributed by atoms with E-state index in [1.165, 1.54) is 36.4 Å². The minimum atomic E-state index is -1.43. The van der Waals surface area contributed by atoms with Crippen LogP contribution in [0, 0.1) is 49.4 Å². The third kappa shape index (κ3) is 24.2. The zero-order valence-corrected chi connectivity index (χ0v) is 66.0. The number of amides is 4. The summed E-state index contributed by atoms with van der Waals surface area (Å²) in [6.07, 6.45) is 15.9. The lowest BCUT2D eigenvalue weighted by Gasteiger charge is -2.21. The van der Waals surface area contributed by atoms with Crippen LogP contribution in [0.4, 0.5) is 22.7 Å². The van der Waals surface area contributed by atoms with Gasteiger partial charge >= 0.3 is 23.9 Å². The average Bonchev–Trinajstić information content (AvgIpc) is 0.767. The molecule has 4 atom stereocenters. The Bertz CT molecular complexity index is 5780. The minimum absolute atomic E-state index is 0.00435. The average molecular weight is 1650 g/mol. The summed E-state index contributed by atoms with van der Waals surface area (Å²) in [5.74, 6) is 5.48. The highest BCUT2D eigenvalue weighted by atomic mass is 16.6. The van der Waals surface area contributed by atoms with Crippen LogP contribution in [0.3, 0.4) is 0 Å². The molecule has 0 bridgehead atoms. The van der Waals surface area contributed by atoms with E-state index in [-0.39, 0.29) is 75.6 Å². The first-order chi connectivity index (χ1) is 59.6. The highest BCUT2D eigenvalue weighted by molar-refractivity contribution is 6.12. The van der Waals surface area contributed by atoms with Gasteiger partial charge in [-0.2, -0.15) is 0 Å². The summed E-state index contributed by atoms with van der Waals surface area (Å²) in [7, 11) is 0. The van der Waals surface area contributed by atoms with Crippen molar-refractivity contribution in [2.45, 2.75) is 43.7 Å². The van der Waals surface area contributed by atoms with Gasteiger partial charge in [0.15, 0.2) is 0 Å². The predicted molar refractivity (Wildman–Crippen MR) is 462 cm³/mol. The van der Waals surface area contributed by atoms with Gasteiger partial charge in [0.05, 0.1) is 35.1 Å². The minimum Gasteiger partial charge on any atom is -0.491 e. The molecule has 0 aliphatic rings. The summed E-state index contributed by atoms with van der Waals surface area (Å²) in [5.41, 5.74) is 6.03. The molecule has 24 nitrogen and oxygen atoms in total. The van der Waals surface area contributed by atoms with Gasteiger partial charge < -0.3 is 79.6 Å². The van der Waals surface area contributed by atoms with Crippen LogP contribution < -0.4 is 40.2 Å². The lowest BCUT2D eigenvalue weighted by Crippen LogP contribution is -2.26. The molecule has 0 fully saturated rings. The largest absolute Gasteiger partial charge is 0.491 e. The fourth-order valence-electron chi connectivity index (χ4n) is 12.8. The van der Waals surface area contributed by atoms with E-state index in [1.807, 2.05) is 0 Å². The number of carbonyl (C=O) groups is 8. The maximum atomic E-state index is 13.6. The zero-order chi connectivity index (χ0) is 86.7. The Morgan fingerprint density at radius 1 is 0.309 bits per heavy atom. The van der Waals surface area contributed by atoms with E-state index in [0.717, 1.165) is 0 Å². The fraction of sp³-hybridized carbons (Fsp3) is 0.152. The quantitative estimate of drug-likeness (QED) is 0.0103. The second kappa shape index (κ2) is 42.0. The lowest BCUT2D eigenvalue weighted by atomic mass is 9.93. The monoisotopic (exact) mass is 1640 g/mol. The van der Waals surface area contributed by atoms with E-state index in [1.54, 1.807) is 218 Å². The van der Waals surface area contributed by atoms with Gasteiger partial charge in [0, 0.05) is 73.7 Å². The van der Waals surface area contributed by atoms with Crippen LogP contribution >= 0.6 is 0 Å². The third-order valence-electron chi connectivity index (χ3n) is 18.9. The normalized spacial score (nSPS) is 11.7. The summed E-state index contributed by atoms with van der Waals surface area (Å²) in [5, 5.41) is 59.1. The van der Waals surface area contributed by atoms with Crippen LogP contribution in [-0.4, -0.2) is 145 Å². The Hall–Kier alpha value is -15.8. The molecule has 0 aliphatic carbocycles. The number of rotatable bonds is 36. The molecule has 8 N–H and O–H groups in total. The molecule has 4 unspecified atom stereocenters. The number of hydrogen-bond donors (Lipinski definition) is 8. The van der Waals surface area contributed by atoms with Crippen LogP contribution in [0.5, 0.6) is 23.0 Å². The Morgan fingerprint density at radius 2 is 0.626 bits per heavy atom. The molecule has 0 saturated heterocycles. The van der Waals surface area contributed by atoms with Gasteiger partial charge in [0.25, 0.3) is 23.6 Å². The molecule has 0 radical (unpaired) electrons. The molecular weight excluding hydrogens is 1570 g/mol. The molecule has 12 aromatic rings. The molecular formula is C99H80N4O20. The molecule has 123 heavy (non-hydrogen) atoms. The van der Waals surface area contributed by atoms with Crippen molar-refractivity contribution in [2.24, 2.45) is 0 Å². The van der Waals surface area contributed by atoms with Gasteiger partial charge in [-0.05, 0) is 190 Å². The molecule has 12 rings (SSSR count). The van der Waals surface area contributed by atoms with Crippen LogP contribution in [-0.2, 0) is 47.8 Å². The summed E-state index contributed by atoms with van der Waals surface area (Å²) >= 11 is 0. The number of benzene rings is 12. The Morgan fingerprint density at radius 3 is 0.984 bits per heavy atom. The molecule has 0 aromatic heterocycles. The van der Waals surface area contributed by atoms with Gasteiger partial charge in [-0.1, -0.05) is 121 Å². The number of aliphatic hydroxyl groups excluding tert-OH is 4. The lowest BCUT2D eigenvalue weighted by molar-refractivity contribution is -0.147. The number of fused-ring (bicyclic) bond motifs is 2. The number of anilines is 4. The molecule has 4 amide bonds. The fourth-order valence-corrected chi connectivity index (χ4v) is 12.8. The predicted octanol–water partition coefficient (Wildman–Crippen LogP) is 12.8. The maximum absolute atomic E-state index is 13.6. The second-order valence-electron chi connectivity index (χ2n) is 28.0. The van der Waals surface area contributed by atoms with Crippen LogP contribution in [0.1, 0.15) is 107 Å². The topological polar surface area (TPSA) is 339 Å². The molecule has 24 heteroatoms. The van der Waals surface area contributed by atoms with E-state index < -0.39 is 125 Å². The first kappa shape index (κ1) is 86.5. The first-order valence-electron chi connectivity index (χ1n) is 38.5. The standard InChI is InChI=1S/C99H80N4O20/c1-5-62-19-15-27-72(45-62)100-94(110)70-25-13-23-66(43-70)49-92(108)120-58-78(106)56-118-90-41-37-68-35-39-80(116-54-76(104)60-122-98(114)84-33-11-9-31-82(84)96(112)102-74-29-17-21-64(7-3)47-74)51-86(68)88(90)53-89-87-52-81(117-55-77(105)61-123-99(115)85-34-12-10-32-83(85)97(113)103-75-30-18-22-65(8-4)48-75)40-36-69(87)38-42-91(89)119-57-79(107)59-121-93(109)50-67-24-14-26-71(44-67)95(111)101-73-28-16-20-63(6-2)46-73/h1-4,9-48,51-52,76-79,104-107H,49-50,53-61H2,(H,100,110)(H,101,111)(H,102,112)(H,103,113). The summed E-state index contributed by atoms with van der Waals surface area (Å²) in [6.45, 7) is -3.92. The summed E-state index contributed by atoms with van der Waals surface area (Å²) < 4.78 is 47.7. The van der Waals surface area contributed by atoms with Crippen molar-refractivity contribution in [3.8, 4) is 72.4 Å². The van der Waals surface area contributed by atoms with E-state index in [4.69, 9.17) is 63.6 Å². The Labute approximate surface area is 707 Å². The number of nitrogens with one attached hydrogen (secondary N) is 4. The van der Waals surface area contributed by atoms with Gasteiger partial charge in [-0.15, -0.1) is 25.7 Å². The Kier molecular flexibility index (Phi) is 29.6. The van der Waals surface area contributed by atoms with Gasteiger partial charge in [0.1, 0.15) is 100 Å². The molecule has 0 heterocycles. The molecule has 616 valence electrons. The maximum Gasteiger partial charge on any atom is 0.339 e. The van der Waals surface area contributed by atoms with E-state index >= 15 is 0 Å². The van der Waals surface area contributed by atoms with E-state index in [0.29, 0.717) is 88.8 Å². The van der Waals surface area contributed by atoms with Crippen molar-refractivity contribution >= 4 is 91.8 Å². The van der Waals surface area contributed by atoms with Crippen molar-refractivity contribution in [3.63, 3.8) is 0 Å². The van der Waals surface area contributed by atoms with Crippen LogP contribution in [0.15, 0.2) is 255 Å². The molecule has 0 spiro atoms. The van der Waals surface area contributed by atoms with Crippen molar-refractivity contribution in [2.75, 3.05) is 74.1 Å². The van der Waals surface area contributed by atoms with Crippen molar-refractivity contribution in [3.05, 3.63) is 333 Å². The smallest absolute Gasteiger partial charge is 0.339 e. The first-order valence-corrected chi connectivity index (χ1v) is 38.5. The summed E-state index contributed by atoms with van der Waals surface area (Å²) in [4.78, 5) is 108. The van der Waals surface area contributed by atoms with Crippen molar-refractivity contribution < 1.29 is 96.7 Å². The highest BCUT2D eigenvalue weighted by Crippen LogP contribution is 2.39. The highest BCUT2D eigenvalue weighted by Gasteiger charge is 2.26. The van der Waals surface area contributed by atoms with Crippen LogP contribution in [0.25, 0.3) is 21.5 Å². The number of ether oxygens (including phenoxy) is 8. The van der Waals surface area contributed by atoms with E-state index in [2.05, 4.69) is 44.9 Å². The number of esters is 4. The van der Waals surface area contributed by atoms with Crippen LogP contribution in [0.2, 0.25) is 0 Å². The zero-order valence-electron chi connectivity index (χ0n) is 66.0. The second-order valence-corrected chi connectivity index (χ2v) is 28.0. The number of carbonyl (C=O) groups excluding carboxylic acids is 8. The number of terminal acetylenes is 4. The molecule has 0 aliphatic heterocycles. The number of hydrogen-bond acceptors (Lipinski definition) is 20. The third-order valence-corrected chi connectivity index (χ3v) is 18.9. The number of aliphatic hydroxyl groups is 4. The Balaban J connectivity index is 0.796. The van der Waals surface area contributed by atoms with Crippen molar-refractivity contribution in [1.82, 2.24) is 0 Å². The molecule has 12 aromatic carbocycles. The summed E-state index contributed by atoms with van der Waals surface area (Å²) in [6, 6.07) is 68.4. The van der Waals surface area contributed by atoms with Gasteiger partial charge in [0.2, 0.25) is 0 Å². The van der Waals surface area contributed by atoms with Gasteiger partial charge in [-0.3, -0.25) is 28.8 Å². The van der Waals surface area contributed by atoms with E-state index in [9.17, 15) is 58.8 Å². The SMILES string of the molecule is C#Cc1cccc(NC(=O)c2cccc(CC(=O)OCC(O)COc3ccc4ccc(OCC(O)COC(=O)c5ccccc5C(=O)Nc5cccc(C#C)c5)cc4c3Cc3c(OCC(O)COC(=O)Cc4cccc(C(=O)Nc5cccc(C#C)c5)c4)ccc4ccc(OCC(O)COC(=O)c5ccccc5C(=O)Nc5cccc(C#C)c5)cc34)c2)c1. The van der Waals surface area contributed by atoms with Crippen molar-refractivity contribution in [1.29, 1.82) is 0 Å². The van der Waals surface area contributed by atoms with Gasteiger partial charge in [-0.25, -0.2) is 9.59 Å². The molecule has 0 saturated carbocycles.